The number of nitrogens with zero attached hydrogens (tertiary/aromatic N) is 1. The summed E-state index contributed by atoms with van der Waals surface area (Å²) in [6.45, 7) is 2.13. The number of aromatic amines is 1. The van der Waals surface area contributed by atoms with Gasteiger partial charge in [0, 0.05) is 22.7 Å². The van der Waals surface area contributed by atoms with Crippen molar-refractivity contribution in [3.05, 3.63) is 53.7 Å². The molecule has 19 heavy (non-hydrogen) atoms. The van der Waals surface area contributed by atoms with Gasteiger partial charge in [-0.15, -0.1) is 11.3 Å². The van der Waals surface area contributed by atoms with E-state index in [1.54, 1.807) is 11.3 Å². The molecule has 2 aromatic heterocycles. The lowest BCUT2D eigenvalue weighted by Crippen LogP contribution is -1.77. The van der Waals surface area contributed by atoms with Gasteiger partial charge in [0.1, 0.15) is 0 Å². The fourth-order valence-corrected chi connectivity index (χ4v) is 3.23. The molecule has 0 bridgehead atoms. The summed E-state index contributed by atoms with van der Waals surface area (Å²) in [7, 11) is 0. The summed E-state index contributed by atoms with van der Waals surface area (Å²) in [5.41, 5.74) is 7.93. The van der Waals surface area contributed by atoms with Crippen molar-refractivity contribution >= 4 is 32.5 Å². The zero-order valence-corrected chi connectivity index (χ0v) is 11.3. The Hall–Kier alpha value is -2.13. The summed E-state index contributed by atoms with van der Waals surface area (Å²) in [4.78, 5) is 7.77. The molecule has 0 amide bonds. The molecule has 3 heteroatoms. The van der Waals surface area contributed by atoms with Gasteiger partial charge in [-0.2, -0.15) is 0 Å². The molecule has 0 fully saturated rings. The SMILES string of the molecule is Cc1cccc2c(-c3ccc4scnc4c3)c[nH]c12. The normalized spacial score (nSPS) is 11.4. The Morgan fingerprint density at radius 3 is 3.05 bits per heavy atom. The van der Waals surface area contributed by atoms with E-state index in [1.165, 1.54) is 32.3 Å². The third-order valence-electron chi connectivity index (χ3n) is 3.57. The Kier molecular flexibility index (Phi) is 2.23. The number of benzene rings is 2. The summed E-state index contributed by atoms with van der Waals surface area (Å²) >= 11 is 1.68. The van der Waals surface area contributed by atoms with Gasteiger partial charge in [-0.25, -0.2) is 4.98 Å². The van der Waals surface area contributed by atoms with E-state index in [1.807, 2.05) is 5.51 Å². The lowest BCUT2D eigenvalue weighted by Gasteiger charge is -2.00. The van der Waals surface area contributed by atoms with Gasteiger partial charge in [0.15, 0.2) is 0 Å². The van der Waals surface area contributed by atoms with Gasteiger partial charge in [0.2, 0.25) is 0 Å². The zero-order chi connectivity index (χ0) is 12.8. The maximum atomic E-state index is 4.40. The summed E-state index contributed by atoms with van der Waals surface area (Å²) in [5, 5.41) is 1.27. The molecule has 2 aromatic carbocycles. The predicted octanol–water partition coefficient (Wildman–Crippen LogP) is 4.75. The highest BCUT2D eigenvalue weighted by Gasteiger charge is 2.08. The van der Waals surface area contributed by atoms with Gasteiger partial charge in [-0.3, -0.25) is 0 Å². The predicted molar refractivity (Wildman–Crippen MR) is 81.6 cm³/mol. The molecule has 0 spiro atoms. The van der Waals surface area contributed by atoms with E-state index in [-0.39, 0.29) is 0 Å². The van der Waals surface area contributed by atoms with Crippen molar-refractivity contribution in [2.45, 2.75) is 6.92 Å². The number of hydrogen-bond acceptors (Lipinski definition) is 2. The Labute approximate surface area is 114 Å². The maximum absolute atomic E-state index is 4.40. The number of nitrogens with one attached hydrogen (secondary N) is 1. The van der Waals surface area contributed by atoms with Crippen LogP contribution in [0.5, 0.6) is 0 Å². The first kappa shape index (κ1) is 10.8. The maximum Gasteiger partial charge on any atom is 0.0818 e. The van der Waals surface area contributed by atoms with Crippen molar-refractivity contribution in [3.63, 3.8) is 0 Å². The van der Waals surface area contributed by atoms with Crippen LogP contribution >= 0.6 is 11.3 Å². The van der Waals surface area contributed by atoms with Crippen LogP contribution in [0.1, 0.15) is 5.56 Å². The summed E-state index contributed by atoms with van der Waals surface area (Å²) in [6, 6.07) is 12.9. The lowest BCUT2D eigenvalue weighted by atomic mass is 10.0. The number of para-hydroxylation sites is 1. The fourth-order valence-electron chi connectivity index (χ4n) is 2.57. The second kappa shape index (κ2) is 3.93. The Morgan fingerprint density at radius 2 is 2.11 bits per heavy atom. The van der Waals surface area contributed by atoms with Crippen molar-refractivity contribution in [1.29, 1.82) is 0 Å². The highest BCUT2D eigenvalue weighted by Crippen LogP contribution is 2.32. The van der Waals surface area contributed by atoms with Crippen LogP contribution in [0.3, 0.4) is 0 Å². The highest BCUT2D eigenvalue weighted by molar-refractivity contribution is 7.16. The standard InChI is InChI=1S/C16H12N2S/c1-10-3-2-4-12-13(8-17-16(10)12)11-5-6-15-14(7-11)18-9-19-15/h2-9,17H,1H3. The van der Waals surface area contributed by atoms with E-state index in [9.17, 15) is 0 Å². The van der Waals surface area contributed by atoms with E-state index in [0.717, 1.165) is 5.52 Å². The van der Waals surface area contributed by atoms with Crippen LogP contribution in [0.25, 0.3) is 32.2 Å². The topological polar surface area (TPSA) is 28.7 Å². The molecule has 0 atom stereocenters. The molecule has 1 N–H and O–H groups in total. The van der Waals surface area contributed by atoms with Gasteiger partial charge < -0.3 is 4.98 Å². The minimum Gasteiger partial charge on any atom is -0.360 e. The van der Waals surface area contributed by atoms with Gasteiger partial charge in [-0.05, 0) is 30.2 Å². The smallest absolute Gasteiger partial charge is 0.0818 e. The van der Waals surface area contributed by atoms with E-state index in [4.69, 9.17) is 0 Å². The largest absolute Gasteiger partial charge is 0.360 e. The van der Waals surface area contributed by atoms with Gasteiger partial charge in [0.25, 0.3) is 0 Å². The number of aromatic nitrogens is 2. The molecular weight excluding hydrogens is 252 g/mol. The monoisotopic (exact) mass is 264 g/mol. The molecule has 0 radical (unpaired) electrons. The highest BCUT2D eigenvalue weighted by atomic mass is 32.1. The minimum atomic E-state index is 1.07. The first-order valence-electron chi connectivity index (χ1n) is 6.23. The first-order chi connectivity index (χ1) is 9.33. The number of hydrogen-bond donors (Lipinski definition) is 1. The van der Waals surface area contributed by atoms with Crippen LogP contribution in [-0.4, -0.2) is 9.97 Å². The van der Waals surface area contributed by atoms with E-state index in [2.05, 4.69) is 59.5 Å². The van der Waals surface area contributed by atoms with Crippen LogP contribution in [0.15, 0.2) is 48.1 Å². The Balaban J connectivity index is 2.00. The molecule has 2 heterocycles. The molecule has 4 rings (SSSR count). The summed E-state index contributed by atoms with van der Waals surface area (Å²) in [6.07, 6.45) is 2.09. The fraction of sp³-hybridized carbons (Fsp3) is 0.0625. The quantitative estimate of drug-likeness (QED) is 0.528. The third-order valence-corrected chi connectivity index (χ3v) is 4.38. The van der Waals surface area contributed by atoms with Crippen molar-refractivity contribution in [2.75, 3.05) is 0 Å². The Bertz CT molecular complexity index is 886. The van der Waals surface area contributed by atoms with Crippen molar-refractivity contribution in [3.8, 4) is 11.1 Å². The zero-order valence-electron chi connectivity index (χ0n) is 10.5. The molecule has 0 aliphatic carbocycles. The minimum absolute atomic E-state index is 1.07. The van der Waals surface area contributed by atoms with E-state index >= 15 is 0 Å². The second-order valence-corrected chi connectivity index (χ2v) is 5.62. The van der Waals surface area contributed by atoms with Crippen LogP contribution in [-0.2, 0) is 0 Å². The Morgan fingerprint density at radius 1 is 1.16 bits per heavy atom. The molecule has 0 saturated heterocycles. The summed E-state index contributed by atoms with van der Waals surface area (Å²) in [5.74, 6) is 0. The first-order valence-corrected chi connectivity index (χ1v) is 7.11. The average molecular weight is 264 g/mol. The molecule has 0 unspecified atom stereocenters. The average Bonchev–Trinajstić information content (AvgIpc) is 3.04. The second-order valence-electron chi connectivity index (χ2n) is 4.73. The van der Waals surface area contributed by atoms with E-state index in [0.29, 0.717) is 0 Å². The molecular formula is C16H12N2S. The molecule has 0 aliphatic rings. The lowest BCUT2D eigenvalue weighted by molar-refractivity contribution is 1.42. The number of aryl methyl sites for hydroxylation is 1. The van der Waals surface area contributed by atoms with Crippen molar-refractivity contribution in [1.82, 2.24) is 9.97 Å². The number of fused-ring (bicyclic) bond motifs is 2. The van der Waals surface area contributed by atoms with Crippen molar-refractivity contribution < 1.29 is 0 Å². The summed E-state index contributed by atoms with van der Waals surface area (Å²) < 4.78 is 1.24. The van der Waals surface area contributed by atoms with Crippen LogP contribution in [0, 0.1) is 6.92 Å². The molecule has 92 valence electrons. The van der Waals surface area contributed by atoms with Crippen molar-refractivity contribution in [2.24, 2.45) is 0 Å². The molecule has 2 nitrogen and oxygen atoms in total. The number of H-pyrrole nitrogens is 1. The number of thiazole rings is 1. The van der Waals surface area contributed by atoms with Gasteiger partial charge >= 0.3 is 0 Å². The van der Waals surface area contributed by atoms with Crippen LogP contribution in [0.4, 0.5) is 0 Å². The molecule has 0 aliphatic heterocycles. The van der Waals surface area contributed by atoms with Gasteiger partial charge in [0.05, 0.1) is 15.7 Å². The van der Waals surface area contributed by atoms with E-state index < -0.39 is 0 Å². The van der Waals surface area contributed by atoms with Crippen LogP contribution < -0.4 is 0 Å². The number of rotatable bonds is 1. The van der Waals surface area contributed by atoms with Gasteiger partial charge in [-0.1, -0.05) is 24.3 Å². The molecule has 0 saturated carbocycles. The molecule has 4 aromatic rings. The van der Waals surface area contributed by atoms with Crippen LogP contribution in [0.2, 0.25) is 0 Å². The third kappa shape index (κ3) is 1.59.